The monoisotopic (exact) mass is 508 g/mol. The minimum Gasteiger partial charge on any atom is -0.497 e. The molecule has 1 fully saturated rings. The highest BCUT2D eigenvalue weighted by Gasteiger charge is 2.26. The summed E-state index contributed by atoms with van der Waals surface area (Å²) in [5.74, 6) is 0.866. The molecule has 0 N–H and O–H groups in total. The van der Waals surface area contributed by atoms with Crippen molar-refractivity contribution in [3.63, 3.8) is 0 Å². The van der Waals surface area contributed by atoms with Crippen LogP contribution in [0.15, 0.2) is 84.9 Å². The molecular formula is C32H36N4O2. The van der Waals surface area contributed by atoms with Crippen molar-refractivity contribution in [1.29, 1.82) is 0 Å². The molecule has 1 amide bonds. The van der Waals surface area contributed by atoms with Crippen LogP contribution in [0.4, 0.5) is 5.69 Å². The quantitative estimate of drug-likeness (QED) is 0.327. The lowest BCUT2D eigenvalue weighted by molar-refractivity contribution is 0.0734. The van der Waals surface area contributed by atoms with Crippen molar-refractivity contribution in [3.05, 3.63) is 102 Å². The predicted octanol–water partition coefficient (Wildman–Crippen LogP) is 5.87. The Kier molecular flexibility index (Phi) is 7.23. The van der Waals surface area contributed by atoms with Crippen molar-refractivity contribution < 1.29 is 9.53 Å². The molecule has 1 saturated heterocycles. The van der Waals surface area contributed by atoms with Gasteiger partial charge in [0.05, 0.1) is 19.3 Å². The van der Waals surface area contributed by atoms with Crippen molar-refractivity contribution in [3.8, 4) is 17.0 Å². The van der Waals surface area contributed by atoms with E-state index in [-0.39, 0.29) is 11.3 Å². The lowest BCUT2D eigenvalue weighted by atomic mass is 9.87. The molecule has 38 heavy (non-hydrogen) atoms. The van der Waals surface area contributed by atoms with E-state index in [0.29, 0.717) is 25.3 Å². The predicted molar refractivity (Wildman–Crippen MR) is 153 cm³/mol. The second-order valence-corrected chi connectivity index (χ2v) is 10.9. The standard InChI is InChI=1S/C32H36N4O2/c1-32(2,3)26-15-13-24(14-16-26)23-36-30(22-29(33-36)25-9-6-5-7-10-25)31(37)35-19-17-34(18-20-35)27-11-8-12-28(21-27)38-4/h5-16,21-22H,17-20,23H2,1-4H3. The Morgan fingerprint density at radius 2 is 1.58 bits per heavy atom. The van der Waals surface area contributed by atoms with E-state index >= 15 is 0 Å². The van der Waals surface area contributed by atoms with Crippen LogP contribution < -0.4 is 9.64 Å². The van der Waals surface area contributed by atoms with Gasteiger partial charge in [-0.1, -0.05) is 81.4 Å². The molecule has 196 valence electrons. The Labute approximate surface area is 225 Å². The highest BCUT2D eigenvalue weighted by molar-refractivity contribution is 5.94. The van der Waals surface area contributed by atoms with Crippen molar-refractivity contribution in [2.24, 2.45) is 0 Å². The number of ether oxygens (including phenoxy) is 1. The number of hydrogen-bond acceptors (Lipinski definition) is 4. The summed E-state index contributed by atoms with van der Waals surface area (Å²) >= 11 is 0. The third kappa shape index (κ3) is 5.59. The number of carbonyl (C=O) groups is 1. The van der Waals surface area contributed by atoms with Gasteiger partial charge in [-0.05, 0) is 34.7 Å². The molecular weight excluding hydrogens is 472 g/mol. The largest absolute Gasteiger partial charge is 0.497 e. The van der Waals surface area contributed by atoms with Gasteiger partial charge >= 0.3 is 0 Å². The van der Waals surface area contributed by atoms with Crippen molar-refractivity contribution >= 4 is 11.6 Å². The summed E-state index contributed by atoms with van der Waals surface area (Å²) in [6, 6.07) is 28.7. The van der Waals surface area contributed by atoms with Crippen LogP contribution in [-0.2, 0) is 12.0 Å². The van der Waals surface area contributed by atoms with Gasteiger partial charge in [-0.25, -0.2) is 0 Å². The fraction of sp³-hybridized carbons (Fsp3) is 0.312. The van der Waals surface area contributed by atoms with E-state index in [1.54, 1.807) is 7.11 Å². The highest BCUT2D eigenvalue weighted by atomic mass is 16.5. The number of amides is 1. The van der Waals surface area contributed by atoms with Crippen LogP contribution in [-0.4, -0.2) is 53.9 Å². The highest BCUT2D eigenvalue weighted by Crippen LogP contribution is 2.26. The molecule has 0 radical (unpaired) electrons. The Morgan fingerprint density at radius 1 is 0.868 bits per heavy atom. The number of anilines is 1. The van der Waals surface area contributed by atoms with Gasteiger partial charge in [0.25, 0.3) is 5.91 Å². The minimum absolute atomic E-state index is 0.0243. The number of methoxy groups -OCH3 is 1. The van der Waals surface area contributed by atoms with Crippen LogP contribution in [0.3, 0.4) is 0 Å². The Bertz CT molecular complexity index is 1380. The maximum absolute atomic E-state index is 13.8. The Hall–Kier alpha value is -4.06. The minimum atomic E-state index is 0.0243. The molecule has 0 unspecified atom stereocenters. The zero-order valence-corrected chi connectivity index (χ0v) is 22.7. The third-order valence-electron chi connectivity index (χ3n) is 7.21. The summed E-state index contributed by atoms with van der Waals surface area (Å²) in [4.78, 5) is 18.1. The lowest BCUT2D eigenvalue weighted by Crippen LogP contribution is -2.49. The topological polar surface area (TPSA) is 50.6 Å². The summed E-state index contributed by atoms with van der Waals surface area (Å²) in [5.41, 5.74) is 6.07. The van der Waals surface area contributed by atoms with E-state index in [2.05, 4.69) is 56.0 Å². The van der Waals surface area contributed by atoms with Crippen LogP contribution in [0.5, 0.6) is 5.75 Å². The maximum Gasteiger partial charge on any atom is 0.272 e. The number of hydrogen-bond donors (Lipinski definition) is 0. The molecule has 4 aromatic rings. The molecule has 5 rings (SSSR count). The van der Waals surface area contributed by atoms with Gasteiger partial charge in [0, 0.05) is 43.5 Å². The van der Waals surface area contributed by atoms with Crippen LogP contribution in [0.2, 0.25) is 0 Å². The number of piperazine rings is 1. The maximum atomic E-state index is 13.8. The second-order valence-electron chi connectivity index (χ2n) is 10.9. The van der Waals surface area contributed by atoms with E-state index in [1.165, 1.54) is 5.56 Å². The van der Waals surface area contributed by atoms with Crippen LogP contribution in [0.1, 0.15) is 42.4 Å². The number of nitrogens with zero attached hydrogens (tertiary/aromatic N) is 4. The molecule has 6 nitrogen and oxygen atoms in total. The molecule has 1 aliphatic heterocycles. The van der Waals surface area contributed by atoms with E-state index in [4.69, 9.17) is 9.84 Å². The first-order chi connectivity index (χ1) is 18.3. The molecule has 2 heterocycles. The van der Waals surface area contributed by atoms with Crippen LogP contribution in [0, 0.1) is 0 Å². The molecule has 0 atom stereocenters. The Balaban J connectivity index is 1.37. The fourth-order valence-electron chi connectivity index (χ4n) is 4.88. The molecule has 3 aromatic carbocycles. The van der Waals surface area contributed by atoms with Crippen molar-refractivity contribution in [1.82, 2.24) is 14.7 Å². The fourth-order valence-corrected chi connectivity index (χ4v) is 4.88. The molecule has 0 bridgehead atoms. The van der Waals surface area contributed by atoms with Gasteiger partial charge in [0.2, 0.25) is 0 Å². The van der Waals surface area contributed by atoms with E-state index in [1.807, 2.05) is 64.2 Å². The van der Waals surface area contributed by atoms with E-state index in [9.17, 15) is 4.79 Å². The first-order valence-corrected chi connectivity index (χ1v) is 13.2. The Morgan fingerprint density at radius 3 is 2.24 bits per heavy atom. The number of aromatic nitrogens is 2. The van der Waals surface area contributed by atoms with Gasteiger partial charge in [-0.2, -0.15) is 5.10 Å². The zero-order chi connectivity index (χ0) is 26.7. The zero-order valence-electron chi connectivity index (χ0n) is 22.7. The summed E-state index contributed by atoms with van der Waals surface area (Å²) in [6.45, 7) is 10.0. The van der Waals surface area contributed by atoms with Crippen molar-refractivity contribution in [2.45, 2.75) is 32.7 Å². The molecule has 6 heteroatoms. The van der Waals surface area contributed by atoms with Gasteiger partial charge in [-0.3, -0.25) is 9.48 Å². The first-order valence-electron chi connectivity index (χ1n) is 13.2. The SMILES string of the molecule is COc1cccc(N2CCN(C(=O)c3cc(-c4ccccc4)nn3Cc3ccc(C(C)(C)C)cc3)CC2)c1. The first kappa shape index (κ1) is 25.6. The molecule has 0 spiro atoms. The average Bonchev–Trinajstić information content (AvgIpc) is 3.36. The molecule has 0 aliphatic carbocycles. The summed E-state index contributed by atoms with van der Waals surface area (Å²) < 4.78 is 7.25. The van der Waals surface area contributed by atoms with Crippen LogP contribution >= 0.6 is 0 Å². The summed E-state index contributed by atoms with van der Waals surface area (Å²) in [5, 5.41) is 4.89. The smallest absolute Gasteiger partial charge is 0.272 e. The van der Waals surface area contributed by atoms with Gasteiger partial charge < -0.3 is 14.5 Å². The van der Waals surface area contributed by atoms with Crippen molar-refractivity contribution in [2.75, 3.05) is 38.2 Å². The number of carbonyl (C=O) groups excluding carboxylic acids is 1. The lowest BCUT2D eigenvalue weighted by Gasteiger charge is -2.36. The second kappa shape index (κ2) is 10.7. The van der Waals surface area contributed by atoms with E-state index in [0.717, 1.165) is 41.3 Å². The normalized spacial score (nSPS) is 14.0. The number of rotatable bonds is 6. The van der Waals surface area contributed by atoms with Gasteiger partial charge in [0.1, 0.15) is 11.4 Å². The van der Waals surface area contributed by atoms with E-state index < -0.39 is 0 Å². The number of benzene rings is 3. The van der Waals surface area contributed by atoms with Crippen LogP contribution in [0.25, 0.3) is 11.3 Å². The van der Waals surface area contributed by atoms with Gasteiger partial charge in [-0.15, -0.1) is 0 Å². The average molecular weight is 509 g/mol. The molecule has 0 saturated carbocycles. The van der Waals surface area contributed by atoms with Gasteiger partial charge in [0.15, 0.2) is 0 Å². The third-order valence-corrected chi connectivity index (χ3v) is 7.21. The summed E-state index contributed by atoms with van der Waals surface area (Å²) in [6.07, 6.45) is 0. The molecule has 1 aliphatic rings. The summed E-state index contributed by atoms with van der Waals surface area (Å²) in [7, 11) is 1.68. The molecule has 1 aromatic heterocycles.